The van der Waals surface area contributed by atoms with Gasteiger partial charge in [0, 0.05) is 0 Å². The summed E-state index contributed by atoms with van der Waals surface area (Å²) >= 11 is 5.61. The number of rotatable bonds is 4. The lowest BCUT2D eigenvalue weighted by Crippen LogP contribution is -2.11. The molecule has 0 aliphatic heterocycles. The Balaban J connectivity index is 2.40. The van der Waals surface area contributed by atoms with E-state index in [0.717, 1.165) is 23.8 Å². The third kappa shape index (κ3) is 3.54. The molecule has 0 unspecified atom stereocenters. The molecule has 112 valence electrons. The summed E-state index contributed by atoms with van der Waals surface area (Å²) < 4.78 is 42.8. The summed E-state index contributed by atoms with van der Waals surface area (Å²) in [5, 5.41) is -0.267. The Hall–Kier alpha value is -1.59. The largest absolute Gasteiger partial charge is 0.379 e. The van der Waals surface area contributed by atoms with Crippen molar-refractivity contribution in [1.29, 1.82) is 0 Å². The van der Waals surface area contributed by atoms with Crippen molar-refractivity contribution in [3.8, 4) is 5.75 Å². The van der Waals surface area contributed by atoms with Crippen molar-refractivity contribution in [2.45, 2.75) is 24.7 Å². The highest BCUT2D eigenvalue weighted by atomic mass is 35.5. The van der Waals surface area contributed by atoms with Gasteiger partial charge < -0.3 is 4.18 Å². The van der Waals surface area contributed by atoms with E-state index in [2.05, 4.69) is 0 Å². The first-order valence-electron chi connectivity index (χ1n) is 6.29. The molecule has 6 heteroatoms. The average Bonchev–Trinajstić information content (AvgIpc) is 2.41. The normalized spacial score (nSPS) is 11.7. The van der Waals surface area contributed by atoms with E-state index in [0.29, 0.717) is 0 Å². The predicted molar refractivity (Wildman–Crippen MR) is 79.8 cm³/mol. The number of benzene rings is 2. The molecular weight excluding hydrogens is 315 g/mol. The van der Waals surface area contributed by atoms with Crippen LogP contribution in [0.5, 0.6) is 5.75 Å². The number of hydrogen-bond acceptors (Lipinski definition) is 3. The maximum absolute atomic E-state index is 13.1. The molecule has 2 aromatic carbocycles. The second kappa shape index (κ2) is 6.03. The smallest absolute Gasteiger partial charge is 0.339 e. The van der Waals surface area contributed by atoms with E-state index in [-0.39, 0.29) is 21.6 Å². The van der Waals surface area contributed by atoms with Gasteiger partial charge in [-0.25, -0.2) is 4.39 Å². The molecule has 0 bridgehead atoms. The minimum atomic E-state index is -4.06. The fourth-order valence-electron chi connectivity index (χ4n) is 1.83. The van der Waals surface area contributed by atoms with Gasteiger partial charge in [0.2, 0.25) is 0 Å². The van der Waals surface area contributed by atoms with Crippen LogP contribution in [0, 0.1) is 5.82 Å². The maximum atomic E-state index is 13.1. The van der Waals surface area contributed by atoms with Gasteiger partial charge in [-0.05, 0) is 35.7 Å². The van der Waals surface area contributed by atoms with Gasteiger partial charge in [0.05, 0.1) is 5.02 Å². The number of hydrogen-bond donors (Lipinski definition) is 0. The monoisotopic (exact) mass is 328 g/mol. The first-order chi connectivity index (χ1) is 9.81. The Bertz CT molecular complexity index is 757. The molecule has 2 aromatic rings. The van der Waals surface area contributed by atoms with Gasteiger partial charge in [0.1, 0.15) is 16.5 Å². The number of halogens is 2. The third-order valence-electron chi connectivity index (χ3n) is 2.92. The van der Waals surface area contributed by atoms with E-state index < -0.39 is 15.9 Å². The highest BCUT2D eigenvalue weighted by molar-refractivity contribution is 7.87. The Kier molecular flexibility index (Phi) is 4.54. The summed E-state index contributed by atoms with van der Waals surface area (Å²) in [6.07, 6.45) is 0. The molecule has 0 radical (unpaired) electrons. The summed E-state index contributed by atoms with van der Waals surface area (Å²) in [7, 11) is -4.06. The Morgan fingerprint density at radius 3 is 2.43 bits per heavy atom. The van der Waals surface area contributed by atoms with Gasteiger partial charge in [-0.3, -0.25) is 0 Å². The van der Waals surface area contributed by atoms with Gasteiger partial charge in [0.25, 0.3) is 0 Å². The van der Waals surface area contributed by atoms with Crippen molar-refractivity contribution in [2.75, 3.05) is 0 Å². The summed E-state index contributed by atoms with van der Waals surface area (Å²) in [6.45, 7) is 3.87. The lowest BCUT2D eigenvalue weighted by molar-refractivity contribution is 0.481. The van der Waals surface area contributed by atoms with Gasteiger partial charge in [-0.2, -0.15) is 8.42 Å². The Labute approximate surface area is 128 Å². The summed E-state index contributed by atoms with van der Waals surface area (Å²) in [6, 6.07) is 10.0. The molecule has 0 spiro atoms. The van der Waals surface area contributed by atoms with Crippen LogP contribution in [-0.2, 0) is 10.1 Å². The Morgan fingerprint density at radius 2 is 1.81 bits per heavy atom. The summed E-state index contributed by atoms with van der Waals surface area (Å²) in [5.74, 6) is -0.320. The van der Waals surface area contributed by atoms with Gasteiger partial charge in [-0.1, -0.05) is 43.6 Å². The summed E-state index contributed by atoms with van der Waals surface area (Å²) in [4.78, 5) is -0.188. The fourth-order valence-corrected chi connectivity index (χ4v) is 3.06. The molecule has 2 rings (SSSR count). The molecule has 21 heavy (non-hydrogen) atoms. The minimum absolute atomic E-state index is 0.105. The Morgan fingerprint density at radius 1 is 1.14 bits per heavy atom. The van der Waals surface area contributed by atoms with Crippen LogP contribution in [0.1, 0.15) is 25.3 Å². The van der Waals surface area contributed by atoms with Crippen molar-refractivity contribution in [3.05, 3.63) is 58.9 Å². The second-order valence-electron chi connectivity index (χ2n) is 4.81. The molecule has 0 saturated carbocycles. The van der Waals surface area contributed by atoms with E-state index in [1.165, 1.54) is 0 Å². The average molecular weight is 329 g/mol. The molecule has 0 N–H and O–H groups in total. The standard InChI is InChI=1S/C15H14ClFO3S/c1-10(2)12-5-3-4-6-15(12)20-21(18,19)11-7-8-14(17)13(16)9-11/h3-10H,1-2H3. The lowest BCUT2D eigenvalue weighted by Gasteiger charge is -2.13. The zero-order valence-corrected chi connectivity index (χ0v) is 13.1. The van der Waals surface area contributed by atoms with Gasteiger partial charge >= 0.3 is 10.1 Å². The van der Waals surface area contributed by atoms with E-state index >= 15 is 0 Å². The first kappa shape index (κ1) is 15.8. The van der Waals surface area contributed by atoms with Crippen LogP contribution in [0.25, 0.3) is 0 Å². The van der Waals surface area contributed by atoms with Crippen LogP contribution < -0.4 is 4.18 Å². The molecule has 0 fully saturated rings. The van der Waals surface area contributed by atoms with Crippen molar-refractivity contribution in [2.24, 2.45) is 0 Å². The SMILES string of the molecule is CC(C)c1ccccc1OS(=O)(=O)c1ccc(F)c(Cl)c1. The fraction of sp³-hybridized carbons (Fsp3) is 0.200. The van der Waals surface area contributed by atoms with E-state index in [4.69, 9.17) is 15.8 Å². The quantitative estimate of drug-likeness (QED) is 0.783. The van der Waals surface area contributed by atoms with Crippen LogP contribution in [0.4, 0.5) is 4.39 Å². The van der Waals surface area contributed by atoms with Crippen LogP contribution in [0.3, 0.4) is 0 Å². The molecule has 0 aliphatic carbocycles. The topological polar surface area (TPSA) is 43.4 Å². The molecule has 0 heterocycles. The van der Waals surface area contributed by atoms with Crippen LogP contribution in [-0.4, -0.2) is 8.42 Å². The van der Waals surface area contributed by atoms with Gasteiger partial charge in [-0.15, -0.1) is 0 Å². The second-order valence-corrected chi connectivity index (χ2v) is 6.76. The van der Waals surface area contributed by atoms with E-state index in [9.17, 15) is 12.8 Å². The molecule has 0 saturated heterocycles. The van der Waals surface area contributed by atoms with Crippen molar-refractivity contribution in [1.82, 2.24) is 0 Å². The number of para-hydroxylation sites is 1. The van der Waals surface area contributed by atoms with Crippen LogP contribution in [0.2, 0.25) is 5.02 Å². The lowest BCUT2D eigenvalue weighted by atomic mass is 10.0. The van der Waals surface area contributed by atoms with Crippen molar-refractivity contribution in [3.63, 3.8) is 0 Å². The van der Waals surface area contributed by atoms with Crippen LogP contribution in [0.15, 0.2) is 47.4 Å². The molecule has 0 atom stereocenters. The predicted octanol–water partition coefficient (Wildman–Crippen LogP) is 4.37. The highest BCUT2D eigenvalue weighted by Crippen LogP contribution is 2.29. The maximum Gasteiger partial charge on any atom is 0.339 e. The van der Waals surface area contributed by atoms with Gasteiger partial charge in [0.15, 0.2) is 0 Å². The first-order valence-corrected chi connectivity index (χ1v) is 8.08. The van der Waals surface area contributed by atoms with Crippen molar-refractivity contribution < 1.29 is 17.0 Å². The van der Waals surface area contributed by atoms with E-state index in [1.807, 2.05) is 19.9 Å². The minimum Gasteiger partial charge on any atom is -0.379 e. The zero-order chi connectivity index (χ0) is 15.6. The molecular formula is C15H14ClFO3S. The molecule has 0 amide bonds. The van der Waals surface area contributed by atoms with Crippen LogP contribution >= 0.6 is 11.6 Å². The zero-order valence-electron chi connectivity index (χ0n) is 11.5. The molecule has 0 aromatic heterocycles. The van der Waals surface area contributed by atoms with E-state index in [1.54, 1.807) is 18.2 Å². The van der Waals surface area contributed by atoms with Crippen molar-refractivity contribution >= 4 is 21.7 Å². The summed E-state index contributed by atoms with van der Waals surface area (Å²) in [5.41, 5.74) is 0.772. The molecule has 0 aliphatic rings. The molecule has 3 nitrogen and oxygen atoms in total. The highest BCUT2D eigenvalue weighted by Gasteiger charge is 2.20. The third-order valence-corrected chi connectivity index (χ3v) is 4.44.